The maximum Gasteiger partial charge on any atom is 0.262 e. The molecule has 2 amide bonds. The van der Waals surface area contributed by atoms with Gasteiger partial charge < -0.3 is 0 Å². The summed E-state index contributed by atoms with van der Waals surface area (Å²) < 4.78 is 39.1. The van der Waals surface area contributed by atoms with Crippen molar-refractivity contribution >= 4 is 107 Å². The van der Waals surface area contributed by atoms with E-state index in [1.54, 1.807) is 50.2 Å². The van der Waals surface area contributed by atoms with Crippen molar-refractivity contribution in [2.75, 3.05) is 0 Å². The van der Waals surface area contributed by atoms with Crippen LogP contribution in [0.2, 0.25) is 15.5 Å². The summed E-state index contributed by atoms with van der Waals surface area (Å²) in [5.41, 5.74) is 5.04. The van der Waals surface area contributed by atoms with Crippen molar-refractivity contribution in [1.29, 1.82) is 0 Å². The Morgan fingerprint density at radius 1 is 0.545 bits per heavy atom. The molecule has 3 aromatic heterocycles. The van der Waals surface area contributed by atoms with E-state index in [1.165, 1.54) is 42.5 Å². The quantitative estimate of drug-likeness (QED) is 0.127. The van der Waals surface area contributed by atoms with Crippen molar-refractivity contribution in [3.05, 3.63) is 140 Å². The molecule has 55 heavy (non-hydrogen) atoms. The van der Waals surface area contributed by atoms with Crippen molar-refractivity contribution in [3.8, 4) is 0 Å². The van der Waals surface area contributed by atoms with Crippen molar-refractivity contribution < 1.29 is 22.8 Å². The number of aromatic nitrogens is 6. The molecule has 9 nitrogen and oxygen atoms in total. The van der Waals surface area contributed by atoms with Crippen molar-refractivity contribution in [3.63, 3.8) is 0 Å². The number of imide groups is 1. The lowest BCUT2D eigenvalue weighted by molar-refractivity contribution is 0.0592. The molecule has 4 aromatic carbocycles. The monoisotopic (exact) mass is 887 g/mol. The molecule has 3 atom stereocenters. The maximum absolute atomic E-state index is 13.3. The third-order valence-electron chi connectivity index (χ3n) is 8.19. The minimum absolute atomic E-state index is 0.0203. The zero-order chi connectivity index (χ0) is 39.7. The van der Waals surface area contributed by atoms with Gasteiger partial charge in [0, 0.05) is 18.2 Å². The molecule has 280 valence electrons. The molecule has 1 aliphatic heterocycles. The lowest BCUT2D eigenvalue weighted by atomic mass is 10.1. The summed E-state index contributed by atoms with van der Waals surface area (Å²) in [5, 5.41) is 0.231. The molecule has 0 saturated carbocycles. The second-order valence-electron chi connectivity index (χ2n) is 12.0. The Hall–Kier alpha value is -4.53. The number of halogens is 8. The van der Waals surface area contributed by atoms with E-state index in [9.17, 15) is 22.8 Å². The van der Waals surface area contributed by atoms with Crippen LogP contribution in [-0.2, 0) is 0 Å². The fraction of sp³-hybridized carbons (Fsp3) is 0.158. The Balaban J connectivity index is 0.000000149. The highest BCUT2D eigenvalue weighted by Gasteiger charge is 2.40. The first-order valence-corrected chi connectivity index (χ1v) is 18.7. The highest BCUT2D eigenvalue weighted by atomic mass is 79.9. The molecule has 0 spiro atoms. The van der Waals surface area contributed by atoms with Crippen LogP contribution >= 0.6 is 62.3 Å². The van der Waals surface area contributed by atoms with Gasteiger partial charge in [0.15, 0.2) is 15.5 Å². The van der Waals surface area contributed by atoms with Crippen LogP contribution in [0.1, 0.15) is 74.8 Å². The number of nitrogens with zero attached hydrogens (tertiary/aromatic N) is 7. The number of alkyl halides is 2. The first-order chi connectivity index (χ1) is 26.1. The molecule has 7 aromatic rings. The summed E-state index contributed by atoms with van der Waals surface area (Å²) in [6.07, 6.45) is 0. The number of hydrogen-bond acceptors (Lipinski definition) is 8. The normalized spacial score (nSPS) is 13.9. The SMILES string of the molecule is CC(Br)c1nc2ccc(F)cc2nc1Cl.CC(Cl)c1nc2ccc(F)cc2nc1Cl.CC(c1nc2ccc(F)cc2nc1Cl)N1C(=O)c2ccccc2C1=O. The average Bonchev–Trinajstić information content (AvgIpc) is 3.39. The standard InChI is InChI=1S/C18H11ClFN3O2.C10H7BrClFN2.C10H7Cl2FN2/c1-9(23-17(24)11-4-2-3-5-12(11)18(23)25)15-16(19)22-14-8-10(20)6-7-13(14)21-15;2*1-5(11)9-10(12)15-8-4-6(13)2-3-7(8)14-9/h2-9H,1H3;2*2-5H,1H3. The van der Waals surface area contributed by atoms with Crippen molar-refractivity contribution in [1.82, 2.24) is 34.8 Å². The molecule has 0 radical (unpaired) electrons. The summed E-state index contributed by atoms with van der Waals surface area (Å²) in [5.74, 6) is -1.94. The Kier molecular flexibility index (Phi) is 12.2. The molecule has 0 fully saturated rings. The van der Waals surface area contributed by atoms with Crippen molar-refractivity contribution in [2.24, 2.45) is 0 Å². The van der Waals surface area contributed by atoms with Gasteiger partial charge in [-0.25, -0.2) is 43.1 Å². The molecular formula is C38H25BrCl4F3N7O2. The Bertz CT molecular complexity index is 2510. The molecule has 17 heteroatoms. The van der Waals surface area contributed by atoms with E-state index in [0.29, 0.717) is 60.8 Å². The third-order valence-corrected chi connectivity index (χ3v) is 9.66. The summed E-state index contributed by atoms with van der Waals surface area (Å²) in [6.45, 7) is 5.32. The van der Waals surface area contributed by atoms with Crippen LogP contribution in [0.3, 0.4) is 0 Å². The summed E-state index contributed by atoms with van der Waals surface area (Å²) in [4.78, 5) is 51.5. The van der Waals surface area contributed by atoms with Crippen LogP contribution in [-0.4, -0.2) is 46.6 Å². The van der Waals surface area contributed by atoms with Gasteiger partial charge in [0.05, 0.1) is 71.9 Å². The number of amides is 2. The number of carbonyl (C=O) groups is 2. The number of benzene rings is 4. The van der Waals surface area contributed by atoms with Crippen LogP contribution in [0.15, 0.2) is 78.9 Å². The molecule has 8 rings (SSSR count). The molecule has 3 unspecified atom stereocenters. The second kappa shape index (κ2) is 16.7. The topological polar surface area (TPSA) is 115 Å². The number of hydrogen-bond donors (Lipinski definition) is 0. The van der Waals surface area contributed by atoms with Gasteiger partial charge >= 0.3 is 0 Å². The number of carbonyl (C=O) groups excluding carboxylic acids is 2. The molecule has 0 bridgehead atoms. The molecule has 0 aliphatic carbocycles. The van der Waals surface area contributed by atoms with Crippen LogP contribution in [0, 0.1) is 17.5 Å². The smallest absolute Gasteiger partial charge is 0.262 e. The Morgan fingerprint density at radius 2 is 0.909 bits per heavy atom. The third kappa shape index (κ3) is 8.66. The predicted octanol–water partition coefficient (Wildman–Crippen LogP) is 11.4. The van der Waals surface area contributed by atoms with Crippen LogP contribution in [0.4, 0.5) is 13.2 Å². The molecule has 0 N–H and O–H groups in total. The van der Waals surface area contributed by atoms with Crippen LogP contribution < -0.4 is 0 Å². The van der Waals surface area contributed by atoms with Gasteiger partial charge in [0.1, 0.15) is 23.1 Å². The van der Waals surface area contributed by atoms with Crippen LogP contribution in [0.5, 0.6) is 0 Å². The van der Waals surface area contributed by atoms with E-state index in [-0.39, 0.29) is 37.8 Å². The van der Waals surface area contributed by atoms with E-state index < -0.39 is 23.7 Å². The van der Waals surface area contributed by atoms with Gasteiger partial charge in [-0.1, -0.05) is 62.9 Å². The van der Waals surface area contributed by atoms with E-state index in [0.717, 1.165) is 4.90 Å². The lowest BCUT2D eigenvalue weighted by Gasteiger charge is -2.22. The van der Waals surface area contributed by atoms with Gasteiger partial charge in [-0.05, 0) is 69.3 Å². The van der Waals surface area contributed by atoms with Gasteiger partial charge in [-0.2, -0.15) is 0 Å². The summed E-state index contributed by atoms with van der Waals surface area (Å²) in [6, 6.07) is 18.3. The minimum Gasteiger partial charge on any atom is -0.269 e. The zero-order valence-corrected chi connectivity index (χ0v) is 33.3. The largest absolute Gasteiger partial charge is 0.269 e. The minimum atomic E-state index is -0.707. The summed E-state index contributed by atoms with van der Waals surface area (Å²) >= 11 is 27.2. The number of fused-ring (bicyclic) bond motifs is 4. The highest BCUT2D eigenvalue weighted by molar-refractivity contribution is 9.09. The van der Waals surface area contributed by atoms with Gasteiger partial charge in [-0.15, -0.1) is 11.6 Å². The van der Waals surface area contributed by atoms with Gasteiger partial charge in [0.2, 0.25) is 0 Å². The molecule has 0 saturated heterocycles. The van der Waals surface area contributed by atoms with Gasteiger partial charge in [0.25, 0.3) is 11.8 Å². The zero-order valence-electron chi connectivity index (χ0n) is 28.7. The first-order valence-electron chi connectivity index (χ1n) is 16.3. The van der Waals surface area contributed by atoms with E-state index in [4.69, 9.17) is 46.4 Å². The van der Waals surface area contributed by atoms with E-state index in [2.05, 4.69) is 45.8 Å². The Labute approximate surface area is 340 Å². The Morgan fingerprint density at radius 3 is 1.31 bits per heavy atom. The first kappa shape index (κ1) is 40.1. The van der Waals surface area contributed by atoms with E-state index >= 15 is 0 Å². The fourth-order valence-electron chi connectivity index (χ4n) is 5.51. The maximum atomic E-state index is 13.3. The molecule has 4 heterocycles. The predicted molar refractivity (Wildman–Crippen MR) is 210 cm³/mol. The average molecular weight is 890 g/mol. The van der Waals surface area contributed by atoms with Crippen LogP contribution in [0.25, 0.3) is 33.1 Å². The molecular weight excluding hydrogens is 865 g/mol. The molecule has 1 aliphatic rings. The van der Waals surface area contributed by atoms with Crippen molar-refractivity contribution in [2.45, 2.75) is 37.0 Å². The number of rotatable bonds is 4. The summed E-state index contributed by atoms with van der Waals surface area (Å²) in [7, 11) is 0. The highest BCUT2D eigenvalue weighted by Crippen LogP contribution is 2.34. The van der Waals surface area contributed by atoms with Gasteiger partial charge in [-0.3, -0.25) is 14.5 Å². The lowest BCUT2D eigenvalue weighted by Crippen LogP contribution is -2.33. The van der Waals surface area contributed by atoms with E-state index in [1.807, 2.05) is 6.92 Å². The second-order valence-corrected chi connectivity index (χ2v) is 15.1. The fourth-order valence-corrected chi connectivity index (χ4v) is 7.06.